The van der Waals surface area contributed by atoms with Crippen molar-refractivity contribution in [1.29, 1.82) is 0 Å². The number of ether oxygens (including phenoxy) is 1. The third kappa shape index (κ3) is 5.68. The van der Waals surface area contributed by atoms with Crippen molar-refractivity contribution in [2.45, 2.75) is 49.3 Å². The molecule has 2 unspecified atom stereocenters. The molecule has 186 valence electrons. The fourth-order valence-corrected chi connectivity index (χ4v) is 6.11. The van der Waals surface area contributed by atoms with Gasteiger partial charge < -0.3 is 15.0 Å². The van der Waals surface area contributed by atoms with Crippen molar-refractivity contribution in [3.63, 3.8) is 0 Å². The summed E-state index contributed by atoms with van der Waals surface area (Å²) >= 11 is 0. The van der Waals surface area contributed by atoms with Crippen LogP contribution in [0.1, 0.15) is 31.2 Å². The van der Waals surface area contributed by atoms with Gasteiger partial charge in [-0.2, -0.15) is 4.31 Å². The maximum absolute atomic E-state index is 13.0. The molecule has 2 aliphatic rings. The Bertz CT molecular complexity index is 1160. The molecule has 4 rings (SSSR count). The molecule has 2 atom stereocenters. The van der Waals surface area contributed by atoms with Gasteiger partial charge in [-0.1, -0.05) is 30.3 Å². The van der Waals surface area contributed by atoms with Gasteiger partial charge in [0.25, 0.3) is 0 Å². The van der Waals surface area contributed by atoms with Crippen LogP contribution in [0.4, 0.5) is 4.79 Å². The minimum atomic E-state index is -3.87. The summed E-state index contributed by atoms with van der Waals surface area (Å²) in [6.45, 7) is 0.641. The predicted molar refractivity (Wildman–Crippen MR) is 126 cm³/mol. The molecule has 2 fully saturated rings. The van der Waals surface area contributed by atoms with E-state index >= 15 is 0 Å². The van der Waals surface area contributed by atoms with E-state index in [1.54, 1.807) is 0 Å². The summed E-state index contributed by atoms with van der Waals surface area (Å²) in [5, 5.41) is 2.66. The van der Waals surface area contributed by atoms with Crippen LogP contribution in [0.2, 0.25) is 0 Å². The number of ketones is 1. The minimum absolute atomic E-state index is 0.0352. The van der Waals surface area contributed by atoms with E-state index in [0.29, 0.717) is 32.4 Å². The average molecular weight is 501 g/mol. The summed E-state index contributed by atoms with van der Waals surface area (Å²) in [5.41, 5.74) is 0.894. The molecule has 0 radical (unpaired) electrons. The number of pyridine rings is 1. The monoisotopic (exact) mass is 500 g/mol. The van der Waals surface area contributed by atoms with Crippen LogP contribution in [0.25, 0.3) is 0 Å². The second-order valence-corrected chi connectivity index (χ2v) is 10.4. The van der Waals surface area contributed by atoms with Crippen molar-refractivity contribution in [2.75, 3.05) is 19.6 Å². The lowest BCUT2D eigenvalue weighted by molar-refractivity contribution is -0.136. The number of Topliss-reactive ketones (excluding diaryl/α,β-unsaturated/α-hetero) is 1. The summed E-state index contributed by atoms with van der Waals surface area (Å²) in [6, 6.07) is 11.0. The van der Waals surface area contributed by atoms with Gasteiger partial charge in [-0.25, -0.2) is 13.2 Å². The number of hydrogen-bond donors (Lipinski definition) is 1. The SMILES string of the molecule is O=C(NCCCCC(=O)N1CCC2C1C(=O)CN2S(=O)(=O)c1cccnc1)OCc1ccccc1. The molecule has 3 heterocycles. The highest BCUT2D eigenvalue weighted by Crippen LogP contribution is 2.34. The van der Waals surface area contributed by atoms with Crippen LogP contribution in [0.3, 0.4) is 0 Å². The van der Waals surface area contributed by atoms with Crippen LogP contribution >= 0.6 is 0 Å². The molecule has 2 saturated heterocycles. The van der Waals surface area contributed by atoms with Gasteiger partial charge in [-0.15, -0.1) is 0 Å². The van der Waals surface area contributed by atoms with Gasteiger partial charge in [-0.3, -0.25) is 14.6 Å². The fourth-order valence-electron chi connectivity index (χ4n) is 4.52. The smallest absolute Gasteiger partial charge is 0.407 e. The van der Waals surface area contributed by atoms with Gasteiger partial charge in [0.05, 0.1) is 12.6 Å². The first-order valence-electron chi connectivity index (χ1n) is 11.6. The van der Waals surface area contributed by atoms with E-state index in [9.17, 15) is 22.8 Å². The lowest BCUT2D eigenvalue weighted by atomic mass is 10.1. The van der Waals surface area contributed by atoms with Crippen LogP contribution in [-0.4, -0.2) is 72.1 Å². The van der Waals surface area contributed by atoms with E-state index in [1.165, 1.54) is 33.7 Å². The van der Waals surface area contributed by atoms with Gasteiger partial charge in [0.15, 0.2) is 5.78 Å². The van der Waals surface area contributed by atoms with Crippen molar-refractivity contribution in [3.8, 4) is 0 Å². The normalized spacial score (nSPS) is 20.0. The van der Waals surface area contributed by atoms with Crippen LogP contribution < -0.4 is 5.32 Å². The average Bonchev–Trinajstić information content (AvgIpc) is 3.45. The number of sulfonamides is 1. The van der Waals surface area contributed by atoms with Crippen LogP contribution in [-0.2, 0) is 31.0 Å². The Kier molecular flexibility index (Phi) is 7.76. The number of fused-ring (bicyclic) bond motifs is 1. The molecule has 0 aliphatic carbocycles. The van der Waals surface area contributed by atoms with E-state index in [0.717, 1.165) is 5.56 Å². The van der Waals surface area contributed by atoms with Gasteiger partial charge in [0, 0.05) is 31.9 Å². The molecule has 35 heavy (non-hydrogen) atoms. The Balaban J connectivity index is 1.22. The number of nitrogens with one attached hydrogen (secondary N) is 1. The van der Waals surface area contributed by atoms with Crippen molar-refractivity contribution >= 4 is 27.8 Å². The zero-order chi connectivity index (χ0) is 24.8. The number of benzene rings is 1. The van der Waals surface area contributed by atoms with Gasteiger partial charge in [0.1, 0.15) is 17.5 Å². The Morgan fingerprint density at radius 1 is 1.11 bits per heavy atom. The van der Waals surface area contributed by atoms with Crippen molar-refractivity contribution < 1.29 is 27.5 Å². The number of likely N-dealkylation sites (tertiary alicyclic amines) is 1. The number of aromatic nitrogens is 1. The van der Waals surface area contributed by atoms with Crippen molar-refractivity contribution in [1.82, 2.24) is 19.5 Å². The topological polar surface area (TPSA) is 126 Å². The summed E-state index contributed by atoms with van der Waals surface area (Å²) in [4.78, 5) is 42.7. The molecule has 0 spiro atoms. The standard InChI is InChI=1S/C24H28N4O6S/c29-21-16-28(35(32,33)19-9-6-12-25-15-19)20-11-14-27(23(20)21)22(30)10-4-5-13-26-24(31)34-17-18-7-2-1-3-8-18/h1-3,6-9,12,15,20,23H,4-5,10-11,13-14,16-17H2,(H,26,31). The number of rotatable bonds is 9. The first-order chi connectivity index (χ1) is 16.9. The first-order valence-corrected chi connectivity index (χ1v) is 13.0. The molecule has 1 aromatic heterocycles. The molecule has 2 amide bonds. The summed E-state index contributed by atoms with van der Waals surface area (Å²) < 4.78 is 32.4. The van der Waals surface area contributed by atoms with E-state index in [2.05, 4.69) is 10.3 Å². The highest BCUT2D eigenvalue weighted by molar-refractivity contribution is 7.89. The molecule has 2 aromatic rings. The molecule has 2 aliphatic heterocycles. The summed E-state index contributed by atoms with van der Waals surface area (Å²) in [7, 11) is -3.87. The number of carbonyl (C=O) groups excluding carboxylic acids is 3. The fraction of sp³-hybridized carbons (Fsp3) is 0.417. The second-order valence-electron chi connectivity index (χ2n) is 8.54. The number of nitrogens with zero attached hydrogens (tertiary/aromatic N) is 3. The highest BCUT2D eigenvalue weighted by Gasteiger charge is 2.53. The zero-order valence-electron chi connectivity index (χ0n) is 19.2. The molecule has 0 bridgehead atoms. The number of hydrogen-bond acceptors (Lipinski definition) is 7. The molecule has 1 aromatic carbocycles. The Morgan fingerprint density at radius 2 is 1.91 bits per heavy atom. The summed E-state index contributed by atoms with van der Waals surface area (Å²) in [5.74, 6) is -0.450. The minimum Gasteiger partial charge on any atom is -0.445 e. The maximum Gasteiger partial charge on any atom is 0.407 e. The van der Waals surface area contributed by atoms with Crippen LogP contribution in [0.15, 0.2) is 59.8 Å². The van der Waals surface area contributed by atoms with E-state index in [1.807, 2.05) is 30.3 Å². The Hall–Kier alpha value is -3.31. The van der Waals surface area contributed by atoms with Gasteiger partial charge >= 0.3 is 6.09 Å². The van der Waals surface area contributed by atoms with Gasteiger partial charge in [0.2, 0.25) is 15.9 Å². The van der Waals surface area contributed by atoms with Crippen LogP contribution in [0, 0.1) is 0 Å². The highest BCUT2D eigenvalue weighted by atomic mass is 32.2. The molecule has 11 heteroatoms. The lowest BCUT2D eigenvalue weighted by Gasteiger charge is -2.24. The largest absolute Gasteiger partial charge is 0.445 e. The molecule has 1 N–H and O–H groups in total. The quantitative estimate of drug-likeness (QED) is 0.520. The second kappa shape index (κ2) is 11.0. The number of unbranched alkanes of at least 4 members (excludes halogenated alkanes) is 1. The summed E-state index contributed by atoms with van der Waals surface area (Å²) in [6.07, 6.45) is 3.95. The van der Waals surface area contributed by atoms with E-state index in [4.69, 9.17) is 4.74 Å². The number of carbonyl (C=O) groups is 3. The van der Waals surface area contributed by atoms with E-state index < -0.39 is 28.2 Å². The van der Waals surface area contributed by atoms with Crippen molar-refractivity contribution in [2.24, 2.45) is 0 Å². The Morgan fingerprint density at radius 3 is 2.66 bits per heavy atom. The molecular formula is C24H28N4O6S. The van der Waals surface area contributed by atoms with Crippen LogP contribution in [0.5, 0.6) is 0 Å². The third-order valence-electron chi connectivity index (χ3n) is 6.24. The lowest BCUT2D eigenvalue weighted by Crippen LogP contribution is -2.43. The Labute approximate surface area is 204 Å². The van der Waals surface area contributed by atoms with Crippen molar-refractivity contribution in [3.05, 3.63) is 60.4 Å². The molecule has 0 saturated carbocycles. The number of alkyl carbamates (subject to hydrolysis) is 1. The van der Waals surface area contributed by atoms with E-state index in [-0.39, 0.29) is 36.2 Å². The molecule has 10 nitrogen and oxygen atoms in total. The maximum atomic E-state index is 13.0. The number of amides is 2. The zero-order valence-corrected chi connectivity index (χ0v) is 20.0. The molecular weight excluding hydrogens is 472 g/mol. The first kappa shape index (κ1) is 24.8. The predicted octanol–water partition coefficient (Wildman–Crippen LogP) is 1.72. The van der Waals surface area contributed by atoms with Gasteiger partial charge in [-0.05, 0) is 37.0 Å². The third-order valence-corrected chi connectivity index (χ3v) is 8.09.